The number of benzene rings is 2. The molecule has 1 atom stereocenters. The van der Waals surface area contributed by atoms with Crippen LogP contribution in [0.4, 0.5) is 0 Å². The Morgan fingerprint density at radius 3 is 2.62 bits per heavy atom. The van der Waals surface area contributed by atoms with Gasteiger partial charge in [-0.1, -0.05) is 40.2 Å². The van der Waals surface area contributed by atoms with Crippen LogP contribution < -0.4 is 0 Å². The summed E-state index contributed by atoms with van der Waals surface area (Å²) in [6.07, 6.45) is 0.542. The zero-order chi connectivity index (χ0) is 16.7. The minimum atomic E-state index is 0.158. The first-order chi connectivity index (χ1) is 11.6. The summed E-state index contributed by atoms with van der Waals surface area (Å²) in [4.78, 5) is 18.6. The van der Waals surface area contributed by atoms with E-state index in [1.165, 1.54) is 5.56 Å². The van der Waals surface area contributed by atoms with Gasteiger partial charge in [0.1, 0.15) is 5.82 Å². The number of imidazole rings is 1. The van der Waals surface area contributed by atoms with Gasteiger partial charge in [0.05, 0.1) is 11.0 Å². The van der Waals surface area contributed by atoms with Crippen molar-refractivity contribution < 1.29 is 4.79 Å². The number of nitrogens with zero attached hydrogens (tertiary/aromatic N) is 3. The van der Waals surface area contributed by atoms with Gasteiger partial charge in [0, 0.05) is 36.9 Å². The summed E-state index contributed by atoms with van der Waals surface area (Å²) in [6.45, 7) is 1.50. The molecule has 4 nitrogen and oxygen atoms in total. The number of likely N-dealkylation sites (tertiary alicyclic amines) is 1. The van der Waals surface area contributed by atoms with Crippen molar-refractivity contribution in [1.29, 1.82) is 0 Å². The molecule has 0 bridgehead atoms. The van der Waals surface area contributed by atoms with Crippen molar-refractivity contribution in [2.75, 3.05) is 13.6 Å². The van der Waals surface area contributed by atoms with Gasteiger partial charge in [0.25, 0.3) is 0 Å². The van der Waals surface area contributed by atoms with E-state index < -0.39 is 0 Å². The molecule has 0 aliphatic carbocycles. The molecule has 122 valence electrons. The Hall–Kier alpha value is -2.14. The van der Waals surface area contributed by atoms with Gasteiger partial charge in [-0.3, -0.25) is 4.79 Å². The fraction of sp³-hybridized carbons (Fsp3) is 0.263. The molecule has 2 heterocycles. The van der Waals surface area contributed by atoms with E-state index in [2.05, 4.69) is 50.8 Å². The molecule has 1 fully saturated rings. The zero-order valence-corrected chi connectivity index (χ0v) is 15.0. The number of carbonyl (C=O) groups is 1. The monoisotopic (exact) mass is 383 g/mol. The highest BCUT2D eigenvalue weighted by Gasteiger charge is 2.31. The predicted molar refractivity (Wildman–Crippen MR) is 98.0 cm³/mol. The van der Waals surface area contributed by atoms with E-state index in [1.54, 1.807) is 4.90 Å². The number of amides is 1. The number of carbonyl (C=O) groups excluding carboxylic acids is 1. The maximum Gasteiger partial charge on any atom is 0.223 e. The summed E-state index contributed by atoms with van der Waals surface area (Å²) in [5.41, 5.74) is 3.34. The fourth-order valence-corrected chi connectivity index (χ4v) is 3.65. The number of aromatic nitrogens is 2. The molecular formula is C19H18BrN3O. The summed E-state index contributed by atoms with van der Waals surface area (Å²) in [5.74, 6) is 1.37. The molecule has 2 aromatic carbocycles. The van der Waals surface area contributed by atoms with Crippen LogP contribution in [0.25, 0.3) is 11.0 Å². The molecule has 5 heteroatoms. The molecule has 1 aliphatic heterocycles. The second-order valence-corrected chi connectivity index (χ2v) is 7.26. The Morgan fingerprint density at radius 1 is 1.17 bits per heavy atom. The predicted octanol–water partition coefficient (Wildman–Crippen LogP) is 3.79. The second-order valence-electron chi connectivity index (χ2n) is 6.35. The highest BCUT2D eigenvalue weighted by Crippen LogP contribution is 2.30. The Labute approximate surface area is 149 Å². The van der Waals surface area contributed by atoms with Gasteiger partial charge in [0.2, 0.25) is 5.91 Å². The van der Waals surface area contributed by atoms with Crippen LogP contribution in [0.3, 0.4) is 0 Å². The van der Waals surface area contributed by atoms with Crippen LogP contribution in [0, 0.1) is 0 Å². The Kier molecular flexibility index (Phi) is 3.88. The van der Waals surface area contributed by atoms with Crippen molar-refractivity contribution in [3.63, 3.8) is 0 Å². The average Bonchev–Trinajstić information content (AvgIpc) is 3.11. The van der Waals surface area contributed by atoms with Crippen LogP contribution in [-0.2, 0) is 11.3 Å². The minimum absolute atomic E-state index is 0.158. The second kappa shape index (κ2) is 6.06. The topological polar surface area (TPSA) is 38.1 Å². The Bertz CT molecular complexity index is 901. The number of halogens is 1. The van der Waals surface area contributed by atoms with Gasteiger partial charge in [-0.15, -0.1) is 0 Å². The van der Waals surface area contributed by atoms with Crippen LogP contribution in [-0.4, -0.2) is 34.0 Å². The van der Waals surface area contributed by atoms with E-state index in [9.17, 15) is 4.79 Å². The first-order valence-corrected chi connectivity index (χ1v) is 8.84. The highest BCUT2D eigenvalue weighted by atomic mass is 79.9. The van der Waals surface area contributed by atoms with Gasteiger partial charge in [0.15, 0.2) is 0 Å². The molecule has 0 unspecified atom stereocenters. The third-order valence-corrected chi connectivity index (χ3v) is 5.17. The summed E-state index contributed by atoms with van der Waals surface area (Å²) < 4.78 is 3.33. The van der Waals surface area contributed by atoms with E-state index in [4.69, 9.17) is 4.98 Å². The van der Waals surface area contributed by atoms with Crippen molar-refractivity contribution in [2.45, 2.75) is 18.9 Å². The third kappa shape index (κ3) is 2.73. The van der Waals surface area contributed by atoms with Crippen LogP contribution in [0.5, 0.6) is 0 Å². The van der Waals surface area contributed by atoms with Gasteiger partial charge in [-0.05, 0) is 29.8 Å². The third-order valence-electron chi connectivity index (χ3n) is 4.64. The van der Waals surface area contributed by atoms with Crippen LogP contribution in [0.2, 0.25) is 0 Å². The minimum Gasteiger partial charge on any atom is -0.345 e. The lowest BCUT2D eigenvalue weighted by molar-refractivity contribution is -0.126. The Morgan fingerprint density at radius 2 is 1.92 bits per heavy atom. The van der Waals surface area contributed by atoms with Crippen LogP contribution in [0.1, 0.15) is 23.7 Å². The first kappa shape index (κ1) is 15.4. The molecule has 1 aromatic heterocycles. The number of para-hydroxylation sites is 2. The van der Waals surface area contributed by atoms with E-state index in [0.717, 1.165) is 34.4 Å². The average molecular weight is 384 g/mol. The van der Waals surface area contributed by atoms with E-state index in [-0.39, 0.29) is 11.8 Å². The SMILES string of the molecule is CN1C[C@@H](c2nc3ccccc3n2Cc2ccc(Br)cc2)CC1=O. The molecule has 1 amide bonds. The lowest BCUT2D eigenvalue weighted by Crippen LogP contribution is -2.19. The quantitative estimate of drug-likeness (QED) is 0.689. The lowest BCUT2D eigenvalue weighted by atomic mass is 10.1. The summed E-state index contributed by atoms with van der Waals surface area (Å²) in [6, 6.07) is 16.5. The van der Waals surface area contributed by atoms with Crippen molar-refractivity contribution in [3.05, 3.63) is 64.4 Å². The molecule has 4 rings (SSSR count). The van der Waals surface area contributed by atoms with Gasteiger partial charge < -0.3 is 9.47 Å². The lowest BCUT2D eigenvalue weighted by Gasteiger charge is -2.14. The summed E-state index contributed by atoms with van der Waals surface area (Å²) in [7, 11) is 1.87. The van der Waals surface area contributed by atoms with Gasteiger partial charge in [-0.25, -0.2) is 4.98 Å². The van der Waals surface area contributed by atoms with Crippen LogP contribution >= 0.6 is 15.9 Å². The normalized spacial score (nSPS) is 17.8. The van der Waals surface area contributed by atoms with E-state index >= 15 is 0 Å². The van der Waals surface area contributed by atoms with Crippen molar-refractivity contribution >= 4 is 32.9 Å². The fourth-order valence-electron chi connectivity index (χ4n) is 3.38. The molecule has 0 radical (unpaired) electrons. The number of hydrogen-bond donors (Lipinski definition) is 0. The Balaban J connectivity index is 1.78. The standard InChI is InChI=1S/C19H18BrN3O/c1-22-12-14(10-18(22)24)19-21-16-4-2-3-5-17(16)23(19)11-13-6-8-15(20)9-7-13/h2-9,14H,10-12H2,1H3/t14-/m0/s1. The van der Waals surface area contributed by atoms with E-state index in [1.807, 2.05) is 25.2 Å². The number of likely N-dealkylation sites (N-methyl/N-ethyl adjacent to an activating group) is 1. The van der Waals surface area contributed by atoms with Crippen molar-refractivity contribution in [2.24, 2.45) is 0 Å². The maximum absolute atomic E-state index is 12.0. The van der Waals surface area contributed by atoms with Crippen molar-refractivity contribution in [1.82, 2.24) is 14.5 Å². The summed E-state index contributed by atoms with van der Waals surface area (Å²) in [5, 5.41) is 0. The zero-order valence-electron chi connectivity index (χ0n) is 13.4. The molecular weight excluding hydrogens is 366 g/mol. The van der Waals surface area contributed by atoms with Crippen LogP contribution in [0.15, 0.2) is 53.0 Å². The molecule has 0 spiro atoms. The molecule has 3 aromatic rings. The maximum atomic E-state index is 12.0. The van der Waals surface area contributed by atoms with Crippen molar-refractivity contribution in [3.8, 4) is 0 Å². The van der Waals surface area contributed by atoms with Gasteiger partial charge >= 0.3 is 0 Å². The first-order valence-electron chi connectivity index (χ1n) is 8.05. The number of hydrogen-bond acceptors (Lipinski definition) is 2. The largest absolute Gasteiger partial charge is 0.345 e. The molecule has 1 aliphatic rings. The van der Waals surface area contributed by atoms with E-state index in [0.29, 0.717) is 6.42 Å². The molecule has 24 heavy (non-hydrogen) atoms. The summed E-state index contributed by atoms with van der Waals surface area (Å²) >= 11 is 3.48. The molecule has 0 N–H and O–H groups in total. The number of rotatable bonds is 3. The highest BCUT2D eigenvalue weighted by molar-refractivity contribution is 9.10. The molecule has 0 saturated carbocycles. The number of fused-ring (bicyclic) bond motifs is 1. The molecule has 1 saturated heterocycles. The smallest absolute Gasteiger partial charge is 0.223 e. The van der Waals surface area contributed by atoms with Gasteiger partial charge in [-0.2, -0.15) is 0 Å².